The van der Waals surface area contributed by atoms with E-state index >= 15 is 0 Å². The smallest absolute Gasteiger partial charge is 0.204 e. The lowest BCUT2D eigenvalue weighted by atomic mass is 9.70. The zero-order valence-electron chi connectivity index (χ0n) is 21.2. The first-order valence-corrected chi connectivity index (χ1v) is 12.1. The number of aliphatic hydroxyl groups excluding tert-OH is 1. The van der Waals surface area contributed by atoms with Gasteiger partial charge in [-0.1, -0.05) is 34.6 Å². The standard InChI is InChI=1S/C28H36O7/c1-14(12-29)15(2)16(3)17(4)18(5)23(13-30)19(6)34-21-10-24(32)27-26(11-21)35-25-8-7-20(31)9-22(25)28(27)33/h7-12,14-19,23,30-32H,13H2,1-6H3. The number of phenols is 2. The lowest BCUT2D eigenvalue weighted by Gasteiger charge is -2.37. The van der Waals surface area contributed by atoms with Gasteiger partial charge in [0.2, 0.25) is 5.43 Å². The quantitative estimate of drug-likeness (QED) is 0.270. The number of aldehydes is 1. The summed E-state index contributed by atoms with van der Waals surface area (Å²) in [5.74, 6) is 0.507. The van der Waals surface area contributed by atoms with Gasteiger partial charge in [-0.25, -0.2) is 0 Å². The minimum atomic E-state index is -0.447. The Bertz CT molecular complexity index is 1250. The molecule has 0 aliphatic rings. The summed E-state index contributed by atoms with van der Waals surface area (Å²) in [5, 5.41) is 30.7. The molecule has 3 aromatic rings. The summed E-state index contributed by atoms with van der Waals surface area (Å²) in [6, 6.07) is 7.14. The van der Waals surface area contributed by atoms with Crippen LogP contribution in [0.2, 0.25) is 0 Å². The molecule has 0 saturated carbocycles. The number of hydrogen-bond acceptors (Lipinski definition) is 7. The third kappa shape index (κ3) is 5.30. The summed E-state index contributed by atoms with van der Waals surface area (Å²) < 4.78 is 11.9. The summed E-state index contributed by atoms with van der Waals surface area (Å²) in [6.07, 6.45) is 0.592. The summed E-state index contributed by atoms with van der Waals surface area (Å²) in [7, 11) is 0. The fraction of sp³-hybridized carbons (Fsp3) is 0.500. The fourth-order valence-electron chi connectivity index (χ4n) is 4.99. The topological polar surface area (TPSA) is 117 Å². The highest BCUT2D eigenvalue weighted by atomic mass is 16.5. The Morgan fingerprint density at radius 1 is 0.914 bits per heavy atom. The van der Waals surface area contributed by atoms with E-state index in [0.717, 1.165) is 6.29 Å². The molecular weight excluding hydrogens is 448 g/mol. The highest BCUT2D eigenvalue weighted by molar-refractivity contribution is 5.94. The van der Waals surface area contributed by atoms with Crippen molar-refractivity contribution in [3.63, 3.8) is 0 Å². The molecule has 3 N–H and O–H groups in total. The largest absolute Gasteiger partial charge is 0.508 e. The second kappa shape index (κ2) is 10.7. The van der Waals surface area contributed by atoms with Crippen LogP contribution >= 0.6 is 0 Å². The molecule has 7 nitrogen and oxygen atoms in total. The lowest BCUT2D eigenvalue weighted by molar-refractivity contribution is -0.112. The van der Waals surface area contributed by atoms with Gasteiger partial charge in [-0.2, -0.15) is 0 Å². The van der Waals surface area contributed by atoms with Gasteiger partial charge in [0.05, 0.1) is 5.39 Å². The molecule has 0 saturated heterocycles. The van der Waals surface area contributed by atoms with E-state index in [4.69, 9.17) is 9.15 Å². The molecule has 0 fully saturated rings. The normalized spacial score (nSPS) is 17.9. The minimum Gasteiger partial charge on any atom is -0.508 e. The first kappa shape index (κ1) is 26.5. The molecule has 190 valence electrons. The summed E-state index contributed by atoms with van der Waals surface area (Å²) in [4.78, 5) is 24.1. The van der Waals surface area contributed by atoms with E-state index in [1.165, 1.54) is 24.3 Å². The van der Waals surface area contributed by atoms with E-state index in [1.54, 1.807) is 6.07 Å². The lowest BCUT2D eigenvalue weighted by Crippen LogP contribution is -2.38. The van der Waals surface area contributed by atoms with Gasteiger partial charge >= 0.3 is 0 Å². The predicted molar refractivity (Wildman–Crippen MR) is 136 cm³/mol. The number of aliphatic hydroxyl groups is 1. The maximum atomic E-state index is 12.9. The van der Waals surface area contributed by atoms with Crippen LogP contribution in [0.1, 0.15) is 41.5 Å². The number of phenolic OH excluding ortho intramolecular Hbond substituents is 2. The van der Waals surface area contributed by atoms with Crippen molar-refractivity contribution in [2.24, 2.45) is 35.5 Å². The van der Waals surface area contributed by atoms with Gasteiger partial charge < -0.3 is 29.3 Å². The molecule has 0 radical (unpaired) electrons. The number of aromatic hydroxyl groups is 2. The second-order valence-corrected chi connectivity index (χ2v) is 10.0. The van der Waals surface area contributed by atoms with Crippen molar-refractivity contribution < 1.29 is 29.3 Å². The minimum absolute atomic E-state index is 0.0101. The van der Waals surface area contributed by atoms with E-state index < -0.39 is 11.5 Å². The Labute approximate surface area is 205 Å². The average molecular weight is 485 g/mol. The summed E-state index contributed by atoms with van der Waals surface area (Å²) in [5.41, 5.74) is 0.00785. The summed E-state index contributed by atoms with van der Waals surface area (Å²) in [6.45, 7) is 12.2. The maximum absolute atomic E-state index is 12.9. The SMILES string of the molecule is CC(C=O)C(C)C(C)C(C)C(C)C(CO)C(C)Oc1cc(O)c2c(=O)c3cc(O)ccc3oc2c1. The van der Waals surface area contributed by atoms with Gasteiger partial charge in [0, 0.05) is 30.6 Å². The number of fused-ring (bicyclic) bond motifs is 2. The number of carbonyl (C=O) groups is 1. The number of ether oxygens (including phenoxy) is 1. The van der Waals surface area contributed by atoms with Gasteiger partial charge in [0.1, 0.15) is 46.2 Å². The van der Waals surface area contributed by atoms with Crippen molar-refractivity contribution in [3.05, 3.63) is 40.6 Å². The number of carbonyl (C=O) groups excluding carboxylic acids is 1. The van der Waals surface area contributed by atoms with Crippen molar-refractivity contribution in [1.82, 2.24) is 0 Å². The number of benzene rings is 2. The molecular formula is C28H36O7. The molecule has 2 aromatic carbocycles. The molecule has 7 unspecified atom stereocenters. The molecule has 3 rings (SSSR count). The van der Waals surface area contributed by atoms with Crippen LogP contribution in [0.4, 0.5) is 0 Å². The average Bonchev–Trinajstić information content (AvgIpc) is 2.82. The van der Waals surface area contributed by atoms with Crippen LogP contribution in [-0.2, 0) is 4.79 Å². The van der Waals surface area contributed by atoms with Crippen LogP contribution < -0.4 is 10.2 Å². The van der Waals surface area contributed by atoms with Crippen molar-refractivity contribution in [2.75, 3.05) is 6.61 Å². The van der Waals surface area contributed by atoms with Crippen LogP contribution in [0, 0.1) is 35.5 Å². The van der Waals surface area contributed by atoms with Crippen molar-refractivity contribution in [1.29, 1.82) is 0 Å². The van der Waals surface area contributed by atoms with Gasteiger partial charge in [-0.3, -0.25) is 4.79 Å². The van der Waals surface area contributed by atoms with Crippen LogP contribution in [-0.4, -0.2) is 34.3 Å². The molecule has 0 spiro atoms. The molecule has 0 bridgehead atoms. The summed E-state index contributed by atoms with van der Waals surface area (Å²) >= 11 is 0. The first-order chi connectivity index (χ1) is 16.5. The molecule has 1 aromatic heterocycles. The van der Waals surface area contributed by atoms with Gasteiger partial charge in [-0.15, -0.1) is 0 Å². The molecule has 0 aliphatic heterocycles. The second-order valence-electron chi connectivity index (χ2n) is 10.0. The molecule has 7 atom stereocenters. The zero-order chi connectivity index (χ0) is 26.0. The highest BCUT2D eigenvalue weighted by Crippen LogP contribution is 2.37. The molecule has 35 heavy (non-hydrogen) atoms. The number of rotatable bonds is 10. The van der Waals surface area contributed by atoms with E-state index in [2.05, 4.69) is 27.7 Å². The number of hydrogen-bond donors (Lipinski definition) is 3. The highest BCUT2D eigenvalue weighted by Gasteiger charge is 2.34. The van der Waals surface area contributed by atoms with E-state index in [-0.39, 0.29) is 75.6 Å². The van der Waals surface area contributed by atoms with Crippen molar-refractivity contribution in [3.8, 4) is 17.2 Å². The van der Waals surface area contributed by atoms with E-state index in [0.29, 0.717) is 5.75 Å². The zero-order valence-corrected chi connectivity index (χ0v) is 21.2. The van der Waals surface area contributed by atoms with Crippen LogP contribution in [0.5, 0.6) is 17.2 Å². The third-order valence-electron chi connectivity index (χ3n) is 8.05. The van der Waals surface area contributed by atoms with E-state index in [9.17, 15) is 24.9 Å². The van der Waals surface area contributed by atoms with E-state index in [1.807, 2.05) is 13.8 Å². The Kier molecular flexibility index (Phi) is 8.11. The third-order valence-corrected chi connectivity index (χ3v) is 8.05. The van der Waals surface area contributed by atoms with Crippen LogP contribution in [0.3, 0.4) is 0 Å². The Hall–Kier alpha value is -3.06. The first-order valence-electron chi connectivity index (χ1n) is 12.1. The molecule has 7 heteroatoms. The Morgan fingerprint density at radius 3 is 2.20 bits per heavy atom. The Balaban J connectivity index is 1.87. The maximum Gasteiger partial charge on any atom is 0.204 e. The molecule has 0 aliphatic carbocycles. The van der Waals surface area contributed by atoms with Crippen LogP contribution in [0.25, 0.3) is 21.9 Å². The Morgan fingerprint density at radius 2 is 1.57 bits per heavy atom. The fourth-order valence-corrected chi connectivity index (χ4v) is 4.99. The molecule has 0 amide bonds. The molecule has 1 heterocycles. The van der Waals surface area contributed by atoms with Gasteiger partial charge in [-0.05, 0) is 48.8 Å². The monoisotopic (exact) mass is 484 g/mol. The van der Waals surface area contributed by atoms with Crippen molar-refractivity contribution >= 4 is 28.2 Å². The predicted octanol–water partition coefficient (Wildman–Crippen LogP) is 5.11. The van der Waals surface area contributed by atoms with Crippen LogP contribution in [0.15, 0.2) is 39.5 Å². The van der Waals surface area contributed by atoms with Gasteiger partial charge in [0.15, 0.2) is 0 Å². The van der Waals surface area contributed by atoms with Crippen molar-refractivity contribution in [2.45, 2.75) is 47.6 Å². The van der Waals surface area contributed by atoms with Gasteiger partial charge in [0.25, 0.3) is 0 Å².